The average Bonchev–Trinajstić information content (AvgIpc) is 3.11. The summed E-state index contributed by atoms with van der Waals surface area (Å²) in [5.74, 6) is 0.356. The van der Waals surface area contributed by atoms with E-state index in [1.54, 1.807) is 0 Å². The lowest BCUT2D eigenvalue weighted by molar-refractivity contribution is -0.135. The molecule has 0 bridgehead atoms. The van der Waals surface area contributed by atoms with Crippen LogP contribution >= 0.6 is 12.4 Å². The second kappa shape index (κ2) is 9.93. The Balaban J connectivity index is 0.00000243. The fraction of sp³-hybridized carbons (Fsp3) is 0.600. The molecule has 2 fully saturated rings. The summed E-state index contributed by atoms with van der Waals surface area (Å²) in [7, 11) is 0. The van der Waals surface area contributed by atoms with E-state index in [-0.39, 0.29) is 36.2 Å². The summed E-state index contributed by atoms with van der Waals surface area (Å²) < 4.78 is 0. The highest BCUT2D eigenvalue weighted by Gasteiger charge is 2.32. The van der Waals surface area contributed by atoms with E-state index < -0.39 is 6.04 Å². The van der Waals surface area contributed by atoms with E-state index in [1.165, 1.54) is 19.3 Å². The van der Waals surface area contributed by atoms with Gasteiger partial charge in [0, 0.05) is 25.0 Å². The van der Waals surface area contributed by atoms with E-state index in [9.17, 15) is 9.59 Å². The topological polar surface area (TPSA) is 75.4 Å². The van der Waals surface area contributed by atoms with Crippen molar-refractivity contribution in [3.05, 3.63) is 35.9 Å². The SMILES string of the molecule is Cl.N[C@@H](Cc1ccccc1)C(=O)NC1CCN(C(=O)C2CCCCC2)C1. The van der Waals surface area contributed by atoms with Crippen molar-refractivity contribution in [2.75, 3.05) is 13.1 Å². The fourth-order valence-electron chi connectivity index (χ4n) is 3.95. The fourth-order valence-corrected chi connectivity index (χ4v) is 3.95. The van der Waals surface area contributed by atoms with Gasteiger partial charge in [0.25, 0.3) is 0 Å². The van der Waals surface area contributed by atoms with Gasteiger partial charge in [-0.1, -0.05) is 49.6 Å². The molecule has 1 heterocycles. The number of hydrogen-bond acceptors (Lipinski definition) is 3. The molecule has 0 radical (unpaired) electrons. The number of nitrogens with zero attached hydrogens (tertiary/aromatic N) is 1. The quantitative estimate of drug-likeness (QED) is 0.824. The Morgan fingerprint density at radius 1 is 1.12 bits per heavy atom. The van der Waals surface area contributed by atoms with Crippen LogP contribution in [0.15, 0.2) is 30.3 Å². The van der Waals surface area contributed by atoms with Crippen LogP contribution in [0.5, 0.6) is 0 Å². The van der Waals surface area contributed by atoms with Crippen molar-refractivity contribution < 1.29 is 9.59 Å². The zero-order valence-electron chi connectivity index (χ0n) is 15.2. The van der Waals surface area contributed by atoms with Crippen LogP contribution in [0, 0.1) is 5.92 Å². The molecular formula is C20H30ClN3O2. The molecule has 5 nitrogen and oxygen atoms in total. The number of hydrogen-bond donors (Lipinski definition) is 2. The van der Waals surface area contributed by atoms with Crippen molar-refractivity contribution in [2.24, 2.45) is 11.7 Å². The van der Waals surface area contributed by atoms with Crippen LogP contribution in [0.4, 0.5) is 0 Å². The van der Waals surface area contributed by atoms with Crippen LogP contribution in [0.1, 0.15) is 44.1 Å². The third-order valence-electron chi connectivity index (χ3n) is 5.44. The predicted octanol–water partition coefficient (Wildman–Crippen LogP) is 2.28. The molecule has 0 aromatic heterocycles. The number of rotatable bonds is 5. The number of carbonyl (C=O) groups is 2. The van der Waals surface area contributed by atoms with Gasteiger partial charge < -0.3 is 16.0 Å². The van der Waals surface area contributed by atoms with Gasteiger partial charge in [-0.2, -0.15) is 0 Å². The van der Waals surface area contributed by atoms with Gasteiger partial charge in [-0.15, -0.1) is 12.4 Å². The first-order valence-corrected chi connectivity index (χ1v) is 9.52. The highest BCUT2D eigenvalue weighted by molar-refractivity contribution is 5.85. The Kier molecular flexibility index (Phi) is 7.91. The Bertz CT molecular complexity index is 590. The molecule has 1 aromatic carbocycles. The van der Waals surface area contributed by atoms with Crippen molar-refractivity contribution in [1.29, 1.82) is 0 Å². The minimum absolute atomic E-state index is 0. The minimum atomic E-state index is -0.550. The third-order valence-corrected chi connectivity index (χ3v) is 5.44. The largest absolute Gasteiger partial charge is 0.350 e. The highest BCUT2D eigenvalue weighted by Crippen LogP contribution is 2.26. The molecule has 3 N–H and O–H groups in total. The predicted molar refractivity (Wildman–Crippen MR) is 105 cm³/mol. The summed E-state index contributed by atoms with van der Waals surface area (Å²) in [5.41, 5.74) is 7.11. The normalized spacial score (nSPS) is 21.7. The van der Waals surface area contributed by atoms with Gasteiger partial charge in [0.15, 0.2) is 0 Å². The molecule has 1 aliphatic heterocycles. The monoisotopic (exact) mass is 379 g/mol. The maximum absolute atomic E-state index is 12.6. The van der Waals surface area contributed by atoms with Crippen LogP contribution in [0.25, 0.3) is 0 Å². The third kappa shape index (κ3) is 5.45. The van der Waals surface area contributed by atoms with Crippen molar-refractivity contribution in [1.82, 2.24) is 10.2 Å². The minimum Gasteiger partial charge on any atom is -0.350 e. The molecule has 26 heavy (non-hydrogen) atoms. The van der Waals surface area contributed by atoms with Crippen LogP contribution in [-0.4, -0.2) is 41.9 Å². The molecule has 144 valence electrons. The van der Waals surface area contributed by atoms with Crippen molar-refractivity contribution in [3.63, 3.8) is 0 Å². The Hall–Kier alpha value is -1.59. The molecule has 1 aliphatic carbocycles. The Morgan fingerprint density at radius 3 is 2.50 bits per heavy atom. The summed E-state index contributed by atoms with van der Waals surface area (Å²) >= 11 is 0. The molecule has 1 saturated heterocycles. The number of nitrogens with one attached hydrogen (secondary N) is 1. The molecule has 1 unspecified atom stereocenters. The van der Waals surface area contributed by atoms with E-state index in [0.717, 1.165) is 31.4 Å². The summed E-state index contributed by atoms with van der Waals surface area (Å²) in [6, 6.07) is 9.29. The van der Waals surface area contributed by atoms with Gasteiger partial charge in [0.1, 0.15) is 0 Å². The molecule has 1 aromatic rings. The van der Waals surface area contributed by atoms with Gasteiger partial charge in [-0.3, -0.25) is 9.59 Å². The molecular weight excluding hydrogens is 350 g/mol. The molecule has 2 amide bonds. The smallest absolute Gasteiger partial charge is 0.237 e. The second-order valence-corrected chi connectivity index (χ2v) is 7.41. The summed E-state index contributed by atoms with van der Waals surface area (Å²) in [6.45, 7) is 1.37. The van der Waals surface area contributed by atoms with Crippen molar-refractivity contribution in [2.45, 2.75) is 57.0 Å². The molecule has 2 aliphatic rings. The molecule has 2 atom stereocenters. The molecule has 3 rings (SSSR count). The first kappa shape index (κ1) is 20.7. The van der Waals surface area contributed by atoms with E-state index >= 15 is 0 Å². The standard InChI is InChI=1S/C20H29N3O2.ClH/c21-18(13-15-7-3-1-4-8-15)19(24)22-17-11-12-23(14-17)20(25)16-9-5-2-6-10-16;/h1,3-4,7-8,16-18H,2,5-6,9-14,21H2,(H,22,24);1H/t17?,18-;/m0./s1. The summed E-state index contributed by atoms with van der Waals surface area (Å²) in [5, 5.41) is 3.03. The van der Waals surface area contributed by atoms with Gasteiger partial charge in [-0.25, -0.2) is 0 Å². The van der Waals surface area contributed by atoms with E-state index in [4.69, 9.17) is 5.73 Å². The maximum atomic E-state index is 12.6. The second-order valence-electron chi connectivity index (χ2n) is 7.41. The first-order chi connectivity index (χ1) is 12.1. The number of amides is 2. The van der Waals surface area contributed by atoms with E-state index in [2.05, 4.69) is 5.32 Å². The molecule has 0 spiro atoms. The first-order valence-electron chi connectivity index (χ1n) is 9.52. The van der Waals surface area contributed by atoms with E-state index in [0.29, 0.717) is 13.0 Å². The summed E-state index contributed by atoms with van der Waals surface area (Å²) in [6.07, 6.45) is 6.98. The van der Waals surface area contributed by atoms with Gasteiger partial charge in [0.05, 0.1) is 6.04 Å². The number of benzene rings is 1. The summed E-state index contributed by atoms with van der Waals surface area (Å²) in [4.78, 5) is 26.9. The zero-order valence-corrected chi connectivity index (χ0v) is 16.0. The lowest BCUT2D eigenvalue weighted by atomic mass is 9.88. The Morgan fingerprint density at radius 2 is 1.81 bits per heavy atom. The molecule has 6 heteroatoms. The number of carbonyl (C=O) groups excluding carboxylic acids is 2. The van der Waals surface area contributed by atoms with Crippen molar-refractivity contribution in [3.8, 4) is 0 Å². The van der Waals surface area contributed by atoms with Crippen LogP contribution in [0.2, 0.25) is 0 Å². The number of nitrogens with two attached hydrogens (primary N) is 1. The van der Waals surface area contributed by atoms with Crippen LogP contribution in [-0.2, 0) is 16.0 Å². The number of halogens is 1. The molecule has 1 saturated carbocycles. The van der Waals surface area contributed by atoms with Crippen molar-refractivity contribution >= 4 is 24.2 Å². The number of likely N-dealkylation sites (tertiary alicyclic amines) is 1. The lowest BCUT2D eigenvalue weighted by Gasteiger charge is -2.26. The van der Waals surface area contributed by atoms with Crippen LogP contribution < -0.4 is 11.1 Å². The lowest BCUT2D eigenvalue weighted by Crippen LogP contribution is -2.47. The average molecular weight is 380 g/mol. The van der Waals surface area contributed by atoms with E-state index in [1.807, 2.05) is 35.2 Å². The highest BCUT2D eigenvalue weighted by atomic mass is 35.5. The van der Waals surface area contributed by atoms with Crippen LogP contribution in [0.3, 0.4) is 0 Å². The van der Waals surface area contributed by atoms with Gasteiger partial charge in [0.2, 0.25) is 11.8 Å². The zero-order chi connectivity index (χ0) is 17.6. The van der Waals surface area contributed by atoms with Gasteiger partial charge >= 0.3 is 0 Å². The Labute approximate surface area is 162 Å². The maximum Gasteiger partial charge on any atom is 0.237 e. The van der Waals surface area contributed by atoms with Gasteiger partial charge in [-0.05, 0) is 31.2 Å².